The summed E-state index contributed by atoms with van der Waals surface area (Å²) in [5.41, 5.74) is 3.08. The van der Waals surface area contributed by atoms with Crippen molar-refractivity contribution in [2.45, 2.75) is 13.8 Å². The number of aryl methyl sites for hydroxylation is 2. The van der Waals surface area contributed by atoms with E-state index in [1.54, 1.807) is 12.1 Å². The Labute approximate surface area is 154 Å². The second-order valence-corrected chi connectivity index (χ2v) is 7.32. The van der Waals surface area contributed by atoms with Crippen LogP contribution in [0.1, 0.15) is 20.4 Å². The van der Waals surface area contributed by atoms with Gasteiger partial charge in [0.25, 0.3) is 5.91 Å². The molecule has 0 bridgehead atoms. The summed E-state index contributed by atoms with van der Waals surface area (Å²) in [6, 6.07) is 12.8. The van der Waals surface area contributed by atoms with Crippen LogP contribution in [0.15, 0.2) is 42.5 Å². The van der Waals surface area contributed by atoms with E-state index in [0.717, 1.165) is 21.8 Å². The number of hydrogen-bond acceptors (Lipinski definition) is 3. The van der Waals surface area contributed by atoms with E-state index in [1.807, 2.05) is 44.2 Å². The average molecular weight is 377 g/mol. The first-order valence-electron chi connectivity index (χ1n) is 7.25. The Morgan fingerprint density at radius 3 is 2.50 bits per heavy atom. The molecule has 0 spiro atoms. The lowest BCUT2D eigenvalue weighted by molar-refractivity contribution is 0.103. The van der Waals surface area contributed by atoms with Crippen molar-refractivity contribution in [2.75, 3.05) is 5.32 Å². The molecule has 3 aromatic rings. The van der Waals surface area contributed by atoms with Gasteiger partial charge in [0.15, 0.2) is 0 Å². The van der Waals surface area contributed by atoms with Crippen molar-refractivity contribution >= 4 is 46.1 Å². The number of carbonyl (C=O) groups excluding carboxylic acids is 1. The van der Waals surface area contributed by atoms with Crippen molar-refractivity contribution in [1.82, 2.24) is 4.98 Å². The zero-order chi connectivity index (χ0) is 17.3. The number of carbonyl (C=O) groups is 1. The molecule has 0 radical (unpaired) electrons. The lowest BCUT2D eigenvalue weighted by atomic mass is 10.0. The highest BCUT2D eigenvalue weighted by Gasteiger charge is 2.16. The second-order valence-electron chi connectivity index (χ2n) is 5.27. The third-order valence-electron chi connectivity index (χ3n) is 3.51. The van der Waals surface area contributed by atoms with Crippen molar-refractivity contribution in [1.29, 1.82) is 0 Å². The van der Waals surface area contributed by atoms with Crippen LogP contribution in [0.3, 0.4) is 0 Å². The van der Waals surface area contributed by atoms with Gasteiger partial charge in [-0.3, -0.25) is 4.79 Å². The summed E-state index contributed by atoms with van der Waals surface area (Å²) in [5.74, 6) is -0.171. The van der Waals surface area contributed by atoms with E-state index in [4.69, 9.17) is 23.2 Å². The van der Waals surface area contributed by atoms with Crippen LogP contribution >= 0.6 is 34.5 Å². The van der Waals surface area contributed by atoms with Crippen molar-refractivity contribution in [2.24, 2.45) is 0 Å². The molecule has 1 aromatic heterocycles. The maximum Gasteiger partial charge on any atom is 0.267 e. The van der Waals surface area contributed by atoms with Gasteiger partial charge in [0.2, 0.25) is 0 Å². The monoisotopic (exact) mass is 376 g/mol. The van der Waals surface area contributed by atoms with E-state index in [9.17, 15) is 4.79 Å². The van der Waals surface area contributed by atoms with Gasteiger partial charge < -0.3 is 5.32 Å². The molecule has 2 aromatic carbocycles. The molecule has 1 heterocycles. The van der Waals surface area contributed by atoms with E-state index in [2.05, 4.69) is 10.3 Å². The van der Waals surface area contributed by atoms with Crippen molar-refractivity contribution < 1.29 is 4.79 Å². The smallest absolute Gasteiger partial charge is 0.267 e. The van der Waals surface area contributed by atoms with Crippen LogP contribution in [0.25, 0.3) is 11.1 Å². The molecule has 24 heavy (non-hydrogen) atoms. The fourth-order valence-electron chi connectivity index (χ4n) is 2.46. The number of benzene rings is 2. The van der Waals surface area contributed by atoms with E-state index >= 15 is 0 Å². The van der Waals surface area contributed by atoms with Gasteiger partial charge in [0.1, 0.15) is 4.88 Å². The molecule has 0 saturated carbocycles. The number of nitrogens with one attached hydrogen (secondary N) is 1. The van der Waals surface area contributed by atoms with Crippen molar-refractivity contribution in [3.8, 4) is 11.1 Å². The van der Waals surface area contributed by atoms with Crippen LogP contribution in [-0.4, -0.2) is 10.9 Å². The van der Waals surface area contributed by atoms with Gasteiger partial charge in [-0.25, -0.2) is 4.98 Å². The average Bonchev–Trinajstić information content (AvgIpc) is 2.87. The molecule has 0 aliphatic carbocycles. The first kappa shape index (κ1) is 17.0. The molecular weight excluding hydrogens is 363 g/mol. The number of hydrogen-bond donors (Lipinski definition) is 1. The third-order valence-corrected chi connectivity index (χ3v) is 5.13. The van der Waals surface area contributed by atoms with Crippen LogP contribution < -0.4 is 5.32 Å². The molecule has 0 unspecified atom stereocenters. The second kappa shape index (κ2) is 6.93. The predicted molar refractivity (Wildman–Crippen MR) is 101 cm³/mol. The molecule has 1 N–H and O–H groups in total. The largest absolute Gasteiger partial charge is 0.321 e. The standard InChI is InChI=1S/C18H14Cl2N2OS/c1-10-17(24-11(2)21-10)18(23)22-16-6-4-3-5-14(16)13-8-7-12(19)9-15(13)20/h3-9H,1-2H3,(H,22,23). The Bertz CT molecular complexity index is 921. The van der Waals surface area contributed by atoms with Gasteiger partial charge >= 0.3 is 0 Å². The number of rotatable bonds is 3. The van der Waals surface area contributed by atoms with E-state index in [-0.39, 0.29) is 5.91 Å². The predicted octanol–water partition coefficient (Wildman–Crippen LogP) is 5.99. The van der Waals surface area contributed by atoms with Crippen molar-refractivity contribution in [3.05, 3.63) is 68.1 Å². The quantitative estimate of drug-likeness (QED) is 0.610. The highest BCUT2D eigenvalue weighted by atomic mass is 35.5. The normalized spacial score (nSPS) is 10.7. The Kier molecular flexibility index (Phi) is 4.90. The lowest BCUT2D eigenvalue weighted by Crippen LogP contribution is -2.12. The lowest BCUT2D eigenvalue weighted by Gasteiger charge is -2.12. The molecule has 3 rings (SSSR count). The molecule has 0 aliphatic heterocycles. The molecule has 0 fully saturated rings. The molecular formula is C18H14Cl2N2OS. The Balaban J connectivity index is 1.98. The van der Waals surface area contributed by atoms with Crippen LogP contribution in [0.2, 0.25) is 10.0 Å². The van der Waals surface area contributed by atoms with E-state index in [1.165, 1.54) is 11.3 Å². The third kappa shape index (κ3) is 3.46. The number of aromatic nitrogens is 1. The first-order chi connectivity index (χ1) is 11.5. The number of halogens is 2. The summed E-state index contributed by atoms with van der Waals surface area (Å²) in [5, 5.41) is 4.93. The summed E-state index contributed by atoms with van der Waals surface area (Å²) in [4.78, 5) is 17.5. The first-order valence-corrected chi connectivity index (χ1v) is 8.83. The fraction of sp³-hybridized carbons (Fsp3) is 0.111. The summed E-state index contributed by atoms with van der Waals surface area (Å²) in [6.45, 7) is 3.72. The fourth-order valence-corrected chi connectivity index (χ4v) is 3.78. The van der Waals surface area contributed by atoms with E-state index < -0.39 is 0 Å². The Morgan fingerprint density at radius 2 is 1.83 bits per heavy atom. The topological polar surface area (TPSA) is 42.0 Å². The molecule has 0 atom stereocenters. The van der Waals surface area contributed by atoms with Gasteiger partial charge in [-0.15, -0.1) is 11.3 Å². The zero-order valence-corrected chi connectivity index (χ0v) is 15.4. The Hall–Kier alpha value is -1.88. The minimum atomic E-state index is -0.171. The van der Waals surface area contributed by atoms with Crippen molar-refractivity contribution in [3.63, 3.8) is 0 Å². The number of para-hydroxylation sites is 1. The summed E-state index contributed by atoms with van der Waals surface area (Å²) >= 11 is 13.7. The summed E-state index contributed by atoms with van der Waals surface area (Å²) in [6.07, 6.45) is 0. The molecule has 122 valence electrons. The van der Waals surface area contributed by atoms with Gasteiger partial charge in [-0.05, 0) is 32.0 Å². The number of thiazole rings is 1. The minimum absolute atomic E-state index is 0.171. The summed E-state index contributed by atoms with van der Waals surface area (Å²) < 4.78 is 0. The van der Waals surface area contributed by atoms with E-state index in [0.29, 0.717) is 20.6 Å². The van der Waals surface area contributed by atoms with Gasteiger partial charge in [0.05, 0.1) is 10.7 Å². The van der Waals surface area contributed by atoms with Gasteiger partial charge in [-0.1, -0.05) is 47.5 Å². The van der Waals surface area contributed by atoms with Gasteiger partial charge in [-0.2, -0.15) is 0 Å². The minimum Gasteiger partial charge on any atom is -0.321 e. The van der Waals surface area contributed by atoms with Crippen LogP contribution in [0.5, 0.6) is 0 Å². The molecule has 0 aliphatic rings. The zero-order valence-electron chi connectivity index (χ0n) is 13.1. The SMILES string of the molecule is Cc1nc(C)c(C(=O)Nc2ccccc2-c2ccc(Cl)cc2Cl)s1. The molecule has 3 nitrogen and oxygen atoms in total. The number of anilines is 1. The highest BCUT2D eigenvalue weighted by molar-refractivity contribution is 7.13. The van der Waals surface area contributed by atoms with Crippen LogP contribution in [-0.2, 0) is 0 Å². The molecule has 0 saturated heterocycles. The Morgan fingerprint density at radius 1 is 1.08 bits per heavy atom. The molecule has 6 heteroatoms. The number of amides is 1. The maximum atomic E-state index is 12.6. The summed E-state index contributed by atoms with van der Waals surface area (Å²) in [7, 11) is 0. The number of nitrogens with zero attached hydrogens (tertiary/aromatic N) is 1. The molecule has 1 amide bonds. The maximum absolute atomic E-state index is 12.6. The highest BCUT2D eigenvalue weighted by Crippen LogP contribution is 2.35. The van der Waals surface area contributed by atoms with Gasteiger partial charge in [0, 0.05) is 26.9 Å². The van der Waals surface area contributed by atoms with Crippen LogP contribution in [0.4, 0.5) is 5.69 Å². The van der Waals surface area contributed by atoms with Crippen LogP contribution in [0, 0.1) is 13.8 Å².